The van der Waals surface area contributed by atoms with Gasteiger partial charge in [0.15, 0.2) is 0 Å². The molecule has 2 N–H and O–H groups in total. The van der Waals surface area contributed by atoms with E-state index in [0.29, 0.717) is 26.1 Å². The van der Waals surface area contributed by atoms with Crippen molar-refractivity contribution in [2.24, 2.45) is 0 Å². The molecule has 0 spiro atoms. The van der Waals surface area contributed by atoms with E-state index in [9.17, 15) is 9.18 Å². The Morgan fingerprint density at radius 1 is 1.10 bits per heavy atom. The highest BCUT2D eigenvalue weighted by molar-refractivity contribution is 5.75. The second-order valence-electron chi connectivity index (χ2n) is 4.65. The lowest BCUT2D eigenvalue weighted by Crippen LogP contribution is -2.27. The molecule has 0 aliphatic rings. The van der Waals surface area contributed by atoms with E-state index in [1.165, 1.54) is 12.1 Å². The maximum atomic E-state index is 12.7. The smallest absolute Gasteiger partial charge is 0.221 e. The van der Waals surface area contributed by atoms with Crippen molar-refractivity contribution in [3.8, 4) is 0 Å². The molecule has 0 aliphatic heterocycles. The van der Waals surface area contributed by atoms with Gasteiger partial charge in [0.2, 0.25) is 5.91 Å². The third kappa shape index (κ3) is 5.71. The standard InChI is InChI=1S/C16H18FN3O/c17-14-6-4-13(5-7-14)11-18-10-8-16(21)20-12-15-3-1-2-9-19-15/h1-7,9,18H,8,10-12H2,(H,20,21). The fourth-order valence-corrected chi connectivity index (χ4v) is 1.82. The van der Waals surface area contributed by atoms with Gasteiger partial charge in [-0.05, 0) is 29.8 Å². The molecule has 2 aromatic rings. The monoisotopic (exact) mass is 287 g/mol. The van der Waals surface area contributed by atoms with Crippen molar-refractivity contribution >= 4 is 5.91 Å². The number of aromatic nitrogens is 1. The number of amides is 1. The normalized spacial score (nSPS) is 10.3. The predicted molar refractivity (Wildman–Crippen MR) is 78.8 cm³/mol. The van der Waals surface area contributed by atoms with Crippen molar-refractivity contribution in [2.75, 3.05) is 6.54 Å². The van der Waals surface area contributed by atoms with Crippen molar-refractivity contribution in [3.63, 3.8) is 0 Å². The summed E-state index contributed by atoms with van der Waals surface area (Å²) in [5, 5.41) is 5.97. The van der Waals surface area contributed by atoms with Gasteiger partial charge in [0.25, 0.3) is 0 Å². The zero-order valence-corrected chi connectivity index (χ0v) is 11.7. The van der Waals surface area contributed by atoms with Crippen LogP contribution in [-0.2, 0) is 17.9 Å². The van der Waals surface area contributed by atoms with E-state index in [1.807, 2.05) is 18.2 Å². The van der Waals surface area contributed by atoms with Gasteiger partial charge in [-0.25, -0.2) is 4.39 Å². The van der Waals surface area contributed by atoms with Gasteiger partial charge in [0, 0.05) is 25.7 Å². The number of nitrogens with one attached hydrogen (secondary N) is 2. The number of pyridine rings is 1. The lowest BCUT2D eigenvalue weighted by atomic mass is 10.2. The van der Waals surface area contributed by atoms with Gasteiger partial charge >= 0.3 is 0 Å². The second kappa shape index (κ2) is 8.11. The van der Waals surface area contributed by atoms with Gasteiger partial charge in [0.05, 0.1) is 12.2 Å². The minimum absolute atomic E-state index is 0.0211. The van der Waals surface area contributed by atoms with Crippen LogP contribution in [0.15, 0.2) is 48.7 Å². The number of hydrogen-bond acceptors (Lipinski definition) is 3. The molecule has 0 bridgehead atoms. The zero-order chi connectivity index (χ0) is 14.9. The van der Waals surface area contributed by atoms with Crippen molar-refractivity contribution in [2.45, 2.75) is 19.5 Å². The highest BCUT2D eigenvalue weighted by Crippen LogP contribution is 2.01. The van der Waals surface area contributed by atoms with E-state index < -0.39 is 0 Å². The first-order valence-electron chi connectivity index (χ1n) is 6.86. The maximum Gasteiger partial charge on any atom is 0.221 e. The van der Waals surface area contributed by atoms with Gasteiger partial charge in [-0.1, -0.05) is 18.2 Å². The third-order valence-electron chi connectivity index (χ3n) is 2.96. The highest BCUT2D eigenvalue weighted by atomic mass is 19.1. The molecule has 0 fully saturated rings. The van der Waals surface area contributed by atoms with Gasteiger partial charge < -0.3 is 10.6 Å². The zero-order valence-electron chi connectivity index (χ0n) is 11.7. The fourth-order valence-electron chi connectivity index (χ4n) is 1.82. The van der Waals surface area contributed by atoms with Crippen LogP contribution in [0, 0.1) is 5.82 Å². The van der Waals surface area contributed by atoms with Gasteiger partial charge in [-0.2, -0.15) is 0 Å². The number of carbonyl (C=O) groups is 1. The van der Waals surface area contributed by atoms with Crippen LogP contribution in [0.3, 0.4) is 0 Å². The van der Waals surface area contributed by atoms with Gasteiger partial charge in [-0.15, -0.1) is 0 Å². The second-order valence-corrected chi connectivity index (χ2v) is 4.65. The molecule has 0 radical (unpaired) electrons. The SMILES string of the molecule is O=C(CCNCc1ccc(F)cc1)NCc1ccccn1. The predicted octanol–water partition coefficient (Wildman–Crippen LogP) is 2.02. The molecule has 5 heteroatoms. The van der Waals surface area contributed by atoms with E-state index >= 15 is 0 Å². The fraction of sp³-hybridized carbons (Fsp3) is 0.250. The first kappa shape index (κ1) is 15.1. The Labute approximate surface area is 123 Å². The summed E-state index contributed by atoms with van der Waals surface area (Å²) in [7, 11) is 0. The Balaban J connectivity index is 1.60. The molecular formula is C16H18FN3O. The number of nitrogens with zero attached hydrogens (tertiary/aromatic N) is 1. The maximum absolute atomic E-state index is 12.7. The third-order valence-corrected chi connectivity index (χ3v) is 2.96. The van der Waals surface area contributed by atoms with Crippen molar-refractivity contribution < 1.29 is 9.18 Å². The minimum Gasteiger partial charge on any atom is -0.350 e. The summed E-state index contributed by atoms with van der Waals surface area (Å²) in [6.07, 6.45) is 2.10. The molecule has 0 unspecified atom stereocenters. The van der Waals surface area contributed by atoms with Gasteiger partial charge in [0.1, 0.15) is 5.82 Å². The largest absolute Gasteiger partial charge is 0.350 e. The van der Waals surface area contributed by atoms with Crippen molar-refractivity contribution in [1.29, 1.82) is 0 Å². The molecule has 110 valence electrons. The molecule has 0 aliphatic carbocycles. The van der Waals surface area contributed by atoms with E-state index in [1.54, 1.807) is 18.3 Å². The molecule has 1 aromatic carbocycles. The number of rotatable bonds is 7. The first-order chi connectivity index (χ1) is 10.2. The quantitative estimate of drug-likeness (QED) is 0.766. The average molecular weight is 287 g/mol. The van der Waals surface area contributed by atoms with E-state index in [2.05, 4.69) is 15.6 Å². The van der Waals surface area contributed by atoms with Crippen LogP contribution in [0.25, 0.3) is 0 Å². The summed E-state index contributed by atoms with van der Waals surface area (Å²) in [5.41, 5.74) is 1.83. The Kier molecular flexibility index (Phi) is 5.84. The molecule has 2 rings (SSSR count). The minimum atomic E-state index is -0.243. The van der Waals surface area contributed by atoms with Crippen LogP contribution in [0.2, 0.25) is 0 Å². The summed E-state index contributed by atoms with van der Waals surface area (Å²) in [6.45, 7) is 1.64. The summed E-state index contributed by atoms with van der Waals surface area (Å²) in [4.78, 5) is 15.8. The molecule has 21 heavy (non-hydrogen) atoms. The topological polar surface area (TPSA) is 54.0 Å². The molecular weight excluding hydrogens is 269 g/mol. The number of benzene rings is 1. The van der Waals surface area contributed by atoms with Crippen LogP contribution < -0.4 is 10.6 Å². The molecule has 4 nitrogen and oxygen atoms in total. The molecule has 0 atom stereocenters. The van der Waals surface area contributed by atoms with Crippen LogP contribution in [-0.4, -0.2) is 17.4 Å². The number of hydrogen-bond donors (Lipinski definition) is 2. The Morgan fingerprint density at radius 3 is 2.62 bits per heavy atom. The van der Waals surface area contributed by atoms with Crippen LogP contribution in [0.1, 0.15) is 17.7 Å². The first-order valence-corrected chi connectivity index (χ1v) is 6.86. The lowest BCUT2D eigenvalue weighted by Gasteiger charge is -2.06. The van der Waals surface area contributed by atoms with Gasteiger partial charge in [-0.3, -0.25) is 9.78 Å². The van der Waals surface area contributed by atoms with Crippen molar-refractivity contribution in [1.82, 2.24) is 15.6 Å². The van der Waals surface area contributed by atoms with Crippen LogP contribution in [0.5, 0.6) is 0 Å². The van der Waals surface area contributed by atoms with E-state index in [0.717, 1.165) is 11.3 Å². The summed E-state index contributed by atoms with van der Waals surface area (Å²) in [5.74, 6) is -0.264. The number of carbonyl (C=O) groups excluding carboxylic acids is 1. The summed E-state index contributed by atoms with van der Waals surface area (Å²) >= 11 is 0. The van der Waals surface area contributed by atoms with Crippen LogP contribution >= 0.6 is 0 Å². The molecule has 0 saturated carbocycles. The number of halogens is 1. The molecule has 1 aromatic heterocycles. The molecule has 1 amide bonds. The Bertz CT molecular complexity index is 557. The van der Waals surface area contributed by atoms with Crippen LogP contribution in [0.4, 0.5) is 4.39 Å². The Hall–Kier alpha value is -2.27. The molecule has 0 saturated heterocycles. The summed E-state index contributed by atoms with van der Waals surface area (Å²) < 4.78 is 12.7. The van der Waals surface area contributed by atoms with E-state index in [4.69, 9.17) is 0 Å². The summed E-state index contributed by atoms with van der Waals surface area (Å²) in [6, 6.07) is 11.9. The van der Waals surface area contributed by atoms with E-state index in [-0.39, 0.29) is 11.7 Å². The Morgan fingerprint density at radius 2 is 1.90 bits per heavy atom. The van der Waals surface area contributed by atoms with Crippen molar-refractivity contribution in [3.05, 3.63) is 65.7 Å². The highest BCUT2D eigenvalue weighted by Gasteiger charge is 2.01. The lowest BCUT2D eigenvalue weighted by molar-refractivity contribution is -0.121. The average Bonchev–Trinajstić information content (AvgIpc) is 2.52. The molecule has 1 heterocycles.